The van der Waals surface area contributed by atoms with Gasteiger partial charge >= 0.3 is 0 Å². The second kappa shape index (κ2) is 5.38. The number of sulfone groups is 1. The normalized spacial score (nSPS) is 24.2. The molecule has 2 unspecified atom stereocenters. The number of likely N-dealkylation sites (tertiary alicyclic amines) is 1. The monoisotopic (exact) mass is 304 g/mol. The lowest BCUT2D eigenvalue weighted by molar-refractivity contribution is 0.303. The molecule has 1 aliphatic rings. The van der Waals surface area contributed by atoms with Crippen LogP contribution in [0.25, 0.3) is 0 Å². The van der Waals surface area contributed by atoms with Gasteiger partial charge in [0.15, 0.2) is 21.5 Å². The van der Waals surface area contributed by atoms with E-state index in [1.165, 1.54) is 6.07 Å². The average Bonchev–Trinajstić information content (AvgIpc) is 2.72. The Morgan fingerprint density at radius 3 is 2.50 bits per heavy atom. The lowest BCUT2D eigenvalue weighted by Crippen LogP contribution is -2.21. The summed E-state index contributed by atoms with van der Waals surface area (Å²) in [5.74, 6) is -2.14. The molecule has 4 nitrogen and oxygen atoms in total. The van der Waals surface area contributed by atoms with Gasteiger partial charge in [-0.3, -0.25) is 4.90 Å². The van der Waals surface area contributed by atoms with E-state index in [0.717, 1.165) is 18.9 Å². The molecule has 0 radical (unpaired) electrons. The molecule has 1 aromatic rings. The van der Waals surface area contributed by atoms with Crippen LogP contribution >= 0.6 is 0 Å². The standard InChI is InChI=1S/C13H18F2N2O2S/c1-17-7-8(6-16)5-10(17)9-3-4-11(20(2,18)19)13(15)12(9)14/h3-4,8,10H,5-7,16H2,1-2H3. The van der Waals surface area contributed by atoms with E-state index in [4.69, 9.17) is 5.73 Å². The van der Waals surface area contributed by atoms with Gasteiger partial charge in [-0.1, -0.05) is 6.07 Å². The molecule has 0 saturated carbocycles. The molecule has 2 atom stereocenters. The van der Waals surface area contributed by atoms with E-state index in [0.29, 0.717) is 13.0 Å². The Bertz CT molecular complexity index is 619. The number of hydrogen-bond acceptors (Lipinski definition) is 4. The van der Waals surface area contributed by atoms with Crippen molar-refractivity contribution in [3.63, 3.8) is 0 Å². The smallest absolute Gasteiger partial charge is 0.178 e. The van der Waals surface area contributed by atoms with Crippen molar-refractivity contribution in [1.29, 1.82) is 0 Å². The van der Waals surface area contributed by atoms with E-state index in [1.54, 1.807) is 0 Å². The predicted molar refractivity (Wildman–Crippen MR) is 72.0 cm³/mol. The maximum absolute atomic E-state index is 14.2. The first-order valence-electron chi connectivity index (χ1n) is 6.34. The van der Waals surface area contributed by atoms with E-state index in [1.807, 2.05) is 11.9 Å². The highest BCUT2D eigenvalue weighted by Crippen LogP contribution is 2.36. The molecule has 1 saturated heterocycles. The van der Waals surface area contributed by atoms with Gasteiger partial charge in [-0.15, -0.1) is 0 Å². The van der Waals surface area contributed by atoms with Crippen molar-refractivity contribution in [3.05, 3.63) is 29.3 Å². The minimum atomic E-state index is -3.77. The fourth-order valence-electron chi connectivity index (χ4n) is 2.73. The van der Waals surface area contributed by atoms with E-state index in [9.17, 15) is 17.2 Å². The van der Waals surface area contributed by atoms with Crippen LogP contribution in [0.1, 0.15) is 18.0 Å². The van der Waals surface area contributed by atoms with Crippen molar-refractivity contribution in [1.82, 2.24) is 4.90 Å². The number of hydrogen-bond donors (Lipinski definition) is 1. The Hall–Kier alpha value is -1.05. The first-order chi connectivity index (χ1) is 9.25. The topological polar surface area (TPSA) is 63.4 Å². The lowest BCUT2D eigenvalue weighted by Gasteiger charge is -2.20. The molecule has 2 rings (SSSR count). The quantitative estimate of drug-likeness (QED) is 0.915. The fourth-order valence-corrected chi connectivity index (χ4v) is 3.46. The van der Waals surface area contributed by atoms with Gasteiger partial charge in [-0.25, -0.2) is 17.2 Å². The Morgan fingerprint density at radius 2 is 2.00 bits per heavy atom. The fraction of sp³-hybridized carbons (Fsp3) is 0.538. The molecule has 1 aromatic carbocycles. The van der Waals surface area contributed by atoms with Crippen LogP contribution in [0.15, 0.2) is 17.0 Å². The van der Waals surface area contributed by atoms with Gasteiger partial charge in [0, 0.05) is 24.4 Å². The molecule has 0 bridgehead atoms. The third-order valence-electron chi connectivity index (χ3n) is 3.80. The molecule has 1 fully saturated rings. The zero-order chi connectivity index (χ0) is 15.1. The van der Waals surface area contributed by atoms with Crippen molar-refractivity contribution in [2.75, 3.05) is 26.4 Å². The molecule has 0 aromatic heterocycles. The highest BCUT2D eigenvalue weighted by Gasteiger charge is 2.33. The van der Waals surface area contributed by atoms with Gasteiger partial charge in [-0.05, 0) is 32.0 Å². The minimum Gasteiger partial charge on any atom is -0.330 e. The highest BCUT2D eigenvalue weighted by atomic mass is 32.2. The molecule has 7 heteroatoms. The summed E-state index contributed by atoms with van der Waals surface area (Å²) in [6.07, 6.45) is 1.50. The Balaban J connectivity index is 2.43. The van der Waals surface area contributed by atoms with Crippen LogP contribution < -0.4 is 5.73 Å². The van der Waals surface area contributed by atoms with Crippen molar-refractivity contribution < 1.29 is 17.2 Å². The summed E-state index contributed by atoms with van der Waals surface area (Å²) in [4.78, 5) is 1.31. The second-order valence-electron chi connectivity index (χ2n) is 5.35. The summed E-state index contributed by atoms with van der Waals surface area (Å²) in [7, 11) is -1.95. The highest BCUT2D eigenvalue weighted by molar-refractivity contribution is 7.90. The van der Waals surface area contributed by atoms with Gasteiger partial charge in [0.1, 0.15) is 4.90 Å². The lowest BCUT2D eigenvalue weighted by atomic mass is 9.99. The van der Waals surface area contributed by atoms with Gasteiger partial charge in [0.25, 0.3) is 0 Å². The van der Waals surface area contributed by atoms with Gasteiger partial charge in [0.05, 0.1) is 0 Å². The molecule has 2 N–H and O–H groups in total. The van der Waals surface area contributed by atoms with Crippen LogP contribution in [0.4, 0.5) is 8.78 Å². The molecule has 112 valence electrons. The van der Waals surface area contributed by atoms with E-state index < -0.39 is 26.4 Å². The van der Waals surface area contributed by atoms with Gasteiger partial charge < -0.3 is 5.73 Å². The maximum Gasteiger partial charge on any atom is 0.178 e. The van der Waals surface area contributed by atoms with Crippen molar-refractivity contribution in [2.24, 2.45) is 11.7 Å². The van der Waals surface area contributed by atoms with Crippen molar-refractivity contribution in [3.8, 4) is 0 Å². The Labute approximate surface area is 117 Å². The number of halogens is 2. The zero-order valence-corrected chi connectivity index (χ0v) is 12.3. The summed E-state index contributed by atoms with van der Waals surface area (Å²) in [6.45, 7) is 1.21. The molecule has 1 heterocycles. The summed E-state index contributed by atoms with van der Waals surface area (Å²) >= 11 is 0. The molecule has 0 aliphatic carbocycles. The first-order valence-corrected chi connectivity index (χ1v) is 8.23. The van der Waals surface area contributed by atoms with E-state index >= 15 is 0 Å². The average molecular weight is 304 g/mol. The van der Waals surface area contributed by atoms with Crippen LogP contribution in [0, 0.1) is 17.6 Å². The Kier molecular flexibility index (Phi) is 4.13. The summed E-state index contributed by atoms with van der Waals surface area (Å²) in [6, 6.07) is 2.22. The number of nitrogens with two attached hydrogens (primary N) is 1. The predicted octanol–water partition coefficient (Wildman–Crippen LogP) is 1.32. The summed E-state index contributed by atoms with van der Waals surface area (Å²) < 4.78 is 50.8. The van der Waals surface area contributed by atoms with Crippen LogP contribution in [0.5, 0.6) is 0 Å². The van der Waals surface area contributed by atoms with Gasteiger partial charge in [0.2, 0.25) is 0 Å². The summed E-state index contributed by atoms with van der Waals surface area (Å²) in [5, 5.41) is 0. The third-order valence-corrected chi connectivity index (χ3v) is 4.92. The number of rotatable bonds is 3. The van der Waals surface area contributed by atoms with Crippen molar-refractivity contribution >= 4 is 9.84 Å². The molecular formula is C13H18F2N2O2S. The largest absolute Gasteiger partial charge is 0.330 e. The maximum atomic E-state index is 14.2. The molecule has 0 spiro atoms. The molecular weight excluding hydrogens is 286 g/mol. The molecule has 20 heavy (non-hydrogen) atoms. The molecule has 0 amide bonds. The zero-order valence-electron chi connectivity index (χ0n) is 11.4. The van der Waals surface area contributed by atoms with Gasteiger partial charge in [-0.2, -0.15) is 0 Å². The third kappa shape index (κ3) is 2.70. The second-order valence-corrected chi connectivity index (χ2v) is 7.33. The van der Waals surface area contributed by atoms with Crippen LogP contribution in [-0.2, 0) is 9.84 Å². The number of benzene rings is 1. The summed E-state index contributed by atoms with van der Waals surface area (Å²) in [5.41, 5.74) is 5.80. The van der Waals surface area contributed by atoms with Crippen molar-refractivity contribution in [2.45, 2.75) is 17.4 Å². The Morgan fingerprint density at radius 1 is 1.35 bits per heavy atom. The minimum absolute atomic E-state index is 0.188. The SMILES string of the molecule is CN1CC(CN)CC1c1ccc(S(C)(=O)=O)c(F)c1F. The van der Waals surface area contributed by atoms with E-state index in [-0.39, 0.29) is 17.5 Å². The molecule has 1 aliphatic heterocycles. The van der Waals surface area contributed by atoms with Crippen LogP contribution in [-0.4, -0.2) is 39.7 Å². The number of nitrogens with zero attached hydrogens (tertiary/aromatic N) is 1. The van der Waals surface area contributed by atoms with Crippen LogP contribution in [0.3, 0.4) is 0 Å². The van der Waals surface area contributed by atoms with Crippen LogP contribution in [0.2, 0.25) is 0 Å². The first kappa shape index (κ1) is 15.3. The van der Waals surface area contributed by atoms with E-state index in [2.05, 4.69) is 0 Å².